The summed E-state index contributed by atoms with van der Waals surface area (Å²) >= 11 is 0. The van der Waals surface area contributed by atoms with Gasteiger partial charge in [0.05, 0.1) is 12.7 Å². The monoisotopic (exact) mass is 286 g/mol. The van der Waals surface area contributed by atoms with E-state index in [4.69, 9.17) is 14.6 Å². The highest BCUT2D eigenvalue weighted by Gasteiger charge is 2.24. The Kier molecular flexibility index (Phi) is 4.17. The number of carboxylic acid groups (broad SMARTS) is 1. The van der Waals surface area contributed by atoms with Crippen molar-refractivity contribution in [3.8, 4) is 11.5 Å². The molecule has 0 bridgehead atoms. The molecule has 0 aliphatic rings. The molecule has 0 amide bonds. The summed E-state index contributed by atoms with van der Waals surface area (Å²) in [5.74, 6) is -0.0857. The van der Waals surface area contributed by atoms with Crippen molar-refractivity contribution in [1.82, 2.24) is 0 Å². The molecule has 0 saturated heterocycles. The summed E-state index contributed by atoms with van der Waals surface area (Å²) in [5, 5.41) is 9.01. The fourth-order valence-electron chi connectivity index (χ4n) is 2.06. The lowest BCUT2D eigenvalue weighted by molar-refractivity contribution is 0.0696. The van der Waals surface area contributed by atoms with Gasteiger partial charge in [0, 0.05) is 0 Å². The molecular weight excluding hydrogens is 268 g/mol. The minimum atomic E-state index is -0.998. The Balaban J connectivity index is 2.33. The second kappa shape index (κ2) is 5.87. The van der Waals surface area contributed by atoms with Gasteiger partial charge in [-0.05, 0) is 37.6 Å². The number of methoxy groups -OCH3 is 1. The van der Waals surface area contributed by atoms with Crippen molar-refractivity contribution in [2.45, 2.75) is 19.4 Å². The molecule has 4 heteroatoms. The third-order valence-electron chi connectivity index (χ3n) is 3.24. The Morgan fingerprint density at radius 2 is 1.71 bits per heavy atom. The van der Waals surface area contributed by atoms with Crippen LogP contribution in [0.2, 0.25) is 0 Å². The summed E-state index contributed by atoms with van der Waals surface area (Å²) in [6.07, 6.45) is 0. The summed E-state index contributed by atoms with van der Waals surface area (Å²) in [6, 6.07) is 14.4. The smallest absolute Gasteiger partial charge is 0.335 e. The fraction of sp³-hybridized carbons (Fsp3) is 0.235. The van der Waals surface area contributed by atoms with E-state index >= 15 is 0 Å². The molecule has 0 aliphatic heterocycles. The molecular formula is C17H18O4. The Bertz CT molecular complexity index is 632. The molecule has 0 atom stereocenters. The van der Waals surface area contributed by atoms with Gasteiger partial charge >= 0.3 is 5.97 Å². The number of hydrogen-bond acceptors (Lipinski definition) is 3. The van der Waals surface area contributed by atoms with Crippen LogP contribution in [0.4, 0.5) is 0 Å². The molecule has 2 aromatic carbocycles. The van der Waals surface area contributed by atoms with Crippen LogP contribution in [0.15, 0.2) is 48.5 Å². The van der Waals surface area contributed by atoms with Crippen molar-refractivity contribution < 1.29 is 19.4 Å². The lowest BCUT2D eigenvalue weighted by atomic mass is 9.98. The largest absolute Gasteiger partial charge is 0.493 e. The Hall–Kier alpha value is -2.49. The number of hydrogen-bond donors (Lipinski definition) is 1. The van der Waals surface area contributed by atoms with Gasteiger partial charge in [-0.25, -0.2) is 4.79 Å². The average molecular weight is 286 g/mol. The minimum Gasteiger partial charge on any atom is -0.493 e. The number of carboxylic acids is 1. The Morgan fingerprint density at radius 3 is 2.29 bits per heavy atom. The molecule has 110 valence electrons. The molecule has 0 aromatic heterocycles. The summed E-state index contributed by atoms with van der Waals surface area (Å²) in [5.41, 5.74) is 0.630. The van der Waals surface area contributed by atoms with Crippen LogP contribution in [0.1, 0.15) is 29.8 Å². The van der Waals surface area contributed by atoms with Crippen LogP contribution in [0.5, 0.6) is 11.5 Å². The standard InChI is InChI=1S/C17H18O4/c1-17(2,13-7-5-4-6-8-13)21-14-10-9-12(16(18)19)11-15(14)20-3/h4-11H,1-3H3,(H,18,19). The number of benzene rings is 2. The first-order valence-corrected chi connectivity index (χ1v) is 6.60. The maximum Gasteiger partial charge on any atom is 0.335 e. The highest BCUT2D eigenvalue weighted by Crippen LogP contribution is 2.34. The summed E-state index contributed by atoms with van der Waals surface area (Å²) in [6.45, 7) is 3.90. The zero-order valence-corrected chi connectivity index (χ0v) is 12.3. The summed E-state index contributed by atoms with van der Waals surface area (Å²) in [4.78, 5) is 11.0. The molecule has 0 heterocycles. The van der Waals surface area contributed by atoms with Crippen molar-refractivity contribution >= 4 is 5.97 Å². The highest BCUT2D eigenvalue weighted by molar-refractivity contribution is 5.88. The molecule has 0 aliphatic carbocycles. The predicted molar refractivity (Wildman–Crippen MR) is 80.0 cm³/mol. The van der Waals surface area contributed by atoms with Gasteiger partial charge in [-0.15, -0.1) is 0 Å². The quantitative estimate of drug-likeness (QED) is 0.910. The predicted octanol–water partition coefficient (Wildman–Crippen LogP) is 3.71. The first-order valence-electron chi connectivity index (χ1n) is 6.60. The first kappa shape index (κ1) is 14.9. The van der Waals surface area contributed by atoms with E-state index in [9.17, 15) is 4.79 Å². The number of rotatable bonds is 5. The lowest BCUT2D eigenvalue weighted by Crippen LogP contribution is -2.25. The van der Waals surface area contributed by atoms with Crippen molar-refractivity contribution in [2.75, 3.05) is 7.11 Å². The number of carbonyl (C=O) groups is 1. The average Bonchev–Trinajstić information content (AvgIpc) is 2.48. The molecule has 4 nitrogen and oxygen atoms in total. The molecule has 1 N–H and O–H groups in total. The number of ether oxygens (including phenoxy) is 2. The van der Waals surface area contributed by atoms with Crippen LogP contribution in [0.3, 0.4) is 0 Å². The third kappa shape index (κ3) is 3.34. The van der Waals surface area contributed by atoms with E-state index in [0.29, 0.717) is 11.5 Å². The van der Waals surface area contributed by atoms with Crippen LogP contribution in [0, 0.1) is 0 Å². The van der Waals surface area contributed by atoms with Crippen molar-refractivity contribution in [3.05, 3.63) is 59.7 Å². The van der Waals surface area contributed by atoms with Crippen LogP contribution in [-0.4, -0.2) is 18.2 Å². The zero-order chi connectivity index (χ0) is 15.5. The third-order valence-corrected chi connectivity index (χ3v) is 3.24. The molecule has 0 spiro atoms. The zero-order valence-electron chi connectivity index (χ0n) is 12.3. The van der Waals surface area contributed by atoms with E-state index in [0.717, 1.165) is 5.56 Å². The number of aromatic carboxylic acids is 1. The fourth-order valence-corrected chi connectivity index (χ4v) is 2.06. The van der Waals surface area contributed by atoms with E-state index in [1.54, 1.807) is 6.07 Å². The highest BCUT2D eigenvalue weighted by atomic mass is 16.5. The van der Waals surface area contributed by atoms with Crippen LogP contribution >= 0.6 is 0 Å². The molecule has 0 fully saturated rings. The molecule has 21 heavy (non-hydrogen) atoms. The molecule has 0 unspecified atom stereocenters. The second-order valence-corrected chi connectivity index (χ2v) is 5.15. The first-order chi connectivity index (χ1) is 9.94. The van der Waals surface area contributed by atoms with Crippen molar-refractivity contribution in [2.24, 2.45) is 0 Å². The van der Waals surface area contributed by atoms with Gasteiger partial charge in [-0.1, -0.05) is 30.3 Å². The van der Waals surface area contributed by atoms with E-state index in [2.05, 4.69) is 0 Å². The van der Waals surface area contributed by atoms with Gasteiger partial charge in [0.15, 0.2) is 11.5 Å². The second-order valence-electron chi connectivity index (χ2n) is 5.15. The normalized spacial score (nSPS) is 11.0. The summed E-state index contributed by atoms with van der Waals surface area (Å²) < 4.78 is 11.3. The van der Waals surface area contributed by atoms with Gasteiger partial charge < -0.3 is 14.6 Å². The SMILES string of the molecule is COc1cc(C(=O)O)ccc1OC(C)(C)c1ccccc1. The van der Waals surface area contributed by atoms with Crippen LogP contribution in [-0.2, 0) is 5.60 Å². The Labute approximate surface area is 123 Å². The maximum absolute atomic E-state index is 11.0. The van der Waals surface area contributed by atoms with Gasteiger partial charge in [0.1, 0.15) is 5.60 Å². The van der Waals surface area contributed by atoms with Gasteiger partial charge in [0.25, 0.3) is 0 Å². The van der Waals surface area contributed by atoms with Gasteiger partial charge in [0.2, 0.25) is 0 Å². The van der Waals surface area contributed by atoms with E-state index in [1.165, 1.54) is 19.2 Å². The van der Waals surface area contributed by atoms with Gasteiger partial charge in [-0.3, -0.25) is 0 Å². The van der Waals surface area contributed by atoms with Crippen molar-refractivity contribution in [1.29, 1.82) is 0 Å². The van der Waals surface area contributed by atoms with Crippen LogP contribution < -0.4 is 9.47 Å². The van der Waals surface area contributed by atoms with E-state index in [-0.39, 0.29) is 5.56 Å². The van der Waals surface area contributed by atoms with Crippen LogP contribution in [0.25, 0.3) is 0 Å². The van der Waals surface area contributed by atoms with E-state index < -0.39 is 11.6 Å². The van der Waals surface area contributed by atoms with Crippen molar-refractivity contribution in [3.63, 3.8) is 0 Å². The topological polar surface area (TPSA) is 55.8 Å². The van der Waals surface area contributed by atoms with Gasteiger partial charge in [-0.2, -0.15) is 0 Å². The lowest BCUT2D eigenvalue weighted by Gasteiger charge is -2.28. The van der Waals surface area contributed by atoms with E-state index in [1.807, 2.05) is 44.2 Å². The summed E-state index contributed by atoms with van der Waals surface area (Å²) in [7, 11) is 1.49. The molecule has 2 aromatic rings. The minimum absolute atomic E-state index is 0.164. The molecule has 0 saturated carbocycles. The Morgan fingerprint density at radius 1 is 1.05 bits per heavy atom. The molecule has 2 rings (SSSR count). The maximum atomic E-state index is 11.0. The molecule has 0 radical (unpaired) electrons.